The molecule has 0 saturated heterocycles. The van der Waals surface area contributed by atoms with E-state index in [4.69, 9.17) is 0 Å². The SMILES string of the molecule is Cc1ccccc1C(O)c1snnc1C(C)(C)C. The lowest BCUT2D eigenvalue weighted by Gasteiger charge is -2.19. The van der Waals surface area contributed by atoms with Crippen molar-refractivity contribution in [1.82, 2.24) is 9.59 Å². The lowest BCUT2D eigenvalue weighted by atomic mass is 9.89. The van der Waals surface area contributed by atoms with Crippen LogP contribution in [0.2, 0.25) is 0 Å². The molecule has 0 fully saturated rings. The molecule has 0 saturated carbocycles. The molecule has 18 heavy (non-hydrogen) atoms. The quantitative estimate of drug-likeness (QED) is 0.904. The average molecular weight is 262 g/mol. The predicted octanol–water partition coefficient (Wildman–Crippen LogP) is 3.23. The zero-order chi connectivity index (χ0) is 13.3. The van der Waals surface area contributed by atoms with E-state index in [9.17, 15) is 5.11 Å². The summed E-state index contributed by atoms with van der Waals surface area (Å²) in [6.07, 6.45) is -0.638. The molecule has 1 unspecified atom stereocenters. The fourth-order valence-corrected chi connectivity index (χ4v) is 2.80. The number of benzene rings is 1. The zero-order valence-electron chi connectivity index (χ0n) is 11.1. The lowest BCUT2D eigenvalue weighted by molar-refractivity contribution is 0.220. The molecule has 0 spiro atoms. The van der Waals surface area contributed by atoms with Crippen LogP contribution in [-0.4, -0.2) is 14.7 Å². The van der Waals surface area contributed by atoms with Gasteiger partial charge in [-0.05, 0) is 29.6 Å². The largest absolute Gasteiger partial charge is 0.383 e. The highest BCUT2D eigenvalue weighted by Gasteiger charge is 2.27. The van der Waals surface area contributed by atoms with Crippen LogP contribution in [0, 0.1) is 6.92 Å². The highest BCUT2D eigenvalue weighted by Crippen LogP contribution is 2.34. The summed E-state index contributed by atoms with van der Waals surface area (Å²) in [5, 5.41) is 14.7. The molecule has 1 heterocycles. The van der Waals surface area contributed by atoms with Gasteiger partial charge in [0.1, 0.15) is 6.10 Å². The molecule has 2 rings (SSSR count). The molecular weight excluding hydrogens is 244 g/mol. The van der Waals surface area contributed by atoms with Gasteiger partial charge in [-0.15, -0.1) is 5.10 Å². The maximum absolute atomic E-state index is 10.5. The molecule has 96 valence electrons. The van der Waals surface area contributed by atoms with Gasteiger partial charge >= 0.3 is 0 Å². The van der Waals surface area contributed by atoms with Crippen LogP contribution in [0.4, 0.5) is 0 Å². The first-order valence-electron chi connectivity index (χ1n) is 5.97. The smallest absolute Gasteiger partial charge is 0.117 e. The summed E-state index contributed by atoms with van der Waals surface area (Å²) >= 11 is 1.28. The van der Waals surface area contributed by atoms with E-state index in [0.717, 1.165) is 21.7 Å². The van der Waals surface area contributed by atoms with Crippen LogP contribution in [0.25, 0.3) is 0 Å². The van der Waals surface area contributed by atoms with E-state index in [1.54, 1.807) is 0 Å². The van der Waals surface area contributed by atoms with Gasteiger partial charge in [-0.1, -0.05) is 49.5 Å². The van der Waals surface area contributed by atoms with Crippen LogP contribution < -0.4 is 0 Å². The third-order valence-corrected chi connectivity index (χ3v) is 3.73. The Morgan fingerprint density at radius 1 is 1.22 bits per heavy atom. The van der Waals surface area contributed by atoms with Gasteiger partial charge < -0.3 is 5.11 Å². The van der Waals surface area contributed by atoms with E-state index in [1.807, 2.05) is 31.2 Å². The van der Waals surface area contributed by atoms with E-state index < -0.39 is 6.10 Å². The van der Waals surface area contributed by atoms with Gasteiger partial charge in [0, 0.05) is 5.41 Å². The molecule has 3 nitrogen and oxygen atoms in total. The van der Waals surface area contributed by atoms with Gasteiger partial charge in [0.15, 0.2) is 0 Å². The molecule has 0 aliphatic rings. The Kier molecular flexibility index (Phi) is 3.50. The first-order chi connectivity index (χ1) is 8.41. The Morgan fingerprint density at radius 2 is 1.89 bits per heavy atom. The van der Waals surface area contributed by atoms with Crippen LogP contribution in [0.15, 0.2) is 24.3 Å². The number of hydrogen-bond acceptors (Lipinski definition) is 4. The second-order valence-electron chi connectivity index (χ2n) is 5.49. The van der Waals surface area contributed by atoms with Gasteiger partial charge in [-0.3, -0.25) is 0 Å². The Bertz CT molecular complexity index is 543. The number of aliphatic hydroxyl groups excluding tert-OH is 1. The summed E-state index contributed by atoms with van der Waals surface area (Å²) in [6, 6.07) is 7.87. The molecule has 0 amide bonds. The van der Waals surface area contributed by atoms with Crippen LogP contribution in [-0.2, 0) is 5.41 Å². The number of hydrogen-bond donors (Lipinski definition) is 1. The van der Waals surface area contributed by atoms with Gasteiger partial charge in [-0.25, -0.2) is 0 Å². The van der Waals surface area contributed by atoms with Crippen LogP contribution in [0.5, 0.6) is 0 Å². The molecule has 0 bridgehead atoms. The Balaban J connectivity index is 2.45. The molecule has 0 aliphatic carbocycles. The van der Waals surface area contributed by atoms with Crippen molar-refractivity contribution in [3.8, 4) is 0 Å². The van der Waals surface area contributed by atoms with Crippen molar-refractivity contribution in [1.29, 1.82) is 0 Å². The molecule has 1 N–H and O–H groups in total. The molecule has 0 aliphatic heterocycles. The Morgan fingerprint density at radius 3 is 2.50 bits per heavy atom. The minimum Gasteiger partial charge on any atom is -0.383 e. The summed E-state index contributed by atoms with van der Waals surface area (Å²) < 4.78 is 4.00. The fourth-order valence-electron chi connectivity index (χ4n) is 1.93. The van der Waals surface area contributed by atoms with Crippen molar-refractivity contribution >= 4 is 11.5 Å². The molecule has 4 heteroatoms. The third-order valence-electron chi connectivity index (χ3n) is 2.96. The van der Waals surface area contributed by atoms with Crippen molar-refractivity contribution in [2.45, 2.75) is 39.2 Å². The van der Waals surface area contributed by atoms with Gasteiger partial charge in [-0.2, -0.15) is 0 Å². The molecular formula is C14H18N2OS. The highest BCUT2D eigenvalue weighted by molar-refractivity contribution is 7.05. The monoisotopic (exact) mass is 262 g/mol. The highest BCUT2D eigenvalue weighted by atomic mass is 32.1. The van der Waals surface area contributed by atoms with Gasteiger partial charge in [0.05, 0.1) is 10.6 Å². The Hall–Kier alpha value is -1.26. The van der Waals surface area contributed by atoms with Crippen LogP contribution in [0.1, 0.15) is 48.6 Å². The standard InChI is InChI=1S/C14H18N2OS/c1-9-7-5-6-8-10(9)11(17)12-13(14(2,3)4)15-16-18-12/h5-8,11,17H,1-4H3. The summed E-state index contributed by atoms with van der Waals surface area (Å²) in [5.41, 5.74) is 2.78. The number of aliphatic hydroxyl groups is 1. The van der Waals surface area contributed by atoms with Crippen LogP contribution >= 0.6 is 11.5 Å². The number of rotatable bonds is 2. The minimum atomic E-state index is -0.638. The first-order valence-corrected chi connectivity index (χ1v) is 6.75. The molecule has 1 aromatic carbocycles. The van der Waals surface area contributed by atoms with Crippen molar-refractivity contribution < 1.29 is 5.11 Å². The molecule has 1 atom stereocenters. The molecule has 0 radical (unpaired) electrons. The molecule has 1 aromatic heterocycles. The van der Waals surface area contributed by atoms with E-state index >= 15 is 0 Å². The van der Waals surface area contributed by atoms with Gasteiger partial charge in [0.2, 0.25) is 0 Å². The fraction of sp³-hybridized carbons (Fsp3) is 0.429. The average Bonchev–Trinajstić information content (AvgIpc) is 2.77. The van der Waals surface area contributed by atoms with E-state index in [0.29, 0.717) is 0 Å². The normalized spacial score (nSPS) is 13.6. The lowest BCUT2D eigenvalue weighted by Crippen LogP contribution is -2.16. The van der Waals surface area contributed by atoms with Crippen molar-refractivity contribution in [2.24, 2.45) is 0 Å². The second-order valence-corrected chi connectivity index (χ2v) is 6.28. The maximum atomic E-state index is 10.5. The van der Waals surface area contributed by atoms with Gasteiger partial charge in [0.25, 0.3) is 0 Å². The van der Waals surface area contributed by atoms with E-state index in [1.165, 1.54) is 11.5 Å². The van der Waals surface area contributed by atoms with Crippen molar-refractivity contribution in [2.75, 3.05) is 0 Å². The number of aromatic nitrogens is 2. The molecule has 2 aromatic rings. The summed E-state index contributed by atoms with van der Waals surface area (Å²) in [5.74, 6) is 0. The van der Waals surface area contributed by atoms with Crippen LogP contribution in [0.3, 0.4) is 0 Å². The number of aryl methyl sites for hydroxylation is 1. The predicted molar refractivity (Wildman–Crippen MR) is 73.8 cm³/mol. The zero-order valence-corrected chi connectivity index (χ0v) is 12.0. The van der Waals surface area contributed by atoms with E-state index in [-0.39, 0.29) is 5.41 Å². The maximum Gasteiger partial charge on any atom is 0.117 e. The summed E-state index contributed by atoms with van der Waals surface area (Å²) in [4.78, 5) is 0.844. The first kappa shape index (κ1) is 13.2. The van der Waals surface area contributed by atoms with Crippen molar-refractivity contribution in [3.05, 3.63) is 46.0 Å². The minimum absolute atomic E-state index is 0.105. The summed E-state index contributed by atoms with van der Waals surface area (Å²) in [7, 11) is 0. The third kappa shape index (κ3) is 2.44. The van der Waals surface area contributed by atoms with E-state index in [2.05, 4.69) is 30.4 Å². The summed E-state index contributed by atoms with van der Waals surface area (Å²) in [6.45, 7) is 8.25. The topological polar surface area (TPSA) is 46.0 Å². The Labute approximate surface area is 112 Å². The van der Waals surface area contributed by atoms with Crippen molar-refractivity contribution in [3.63, 3.8) is 0 Å². The second kappa shape index (κ2) is 4.78. The number of nitrogens with zero attached hydrogens (tertiary/aromatic N) is 2.